The van der Waals surface area contributed by atoms with Gasteiger partial charge in [0.05, 0.1) is 15.1 Å². The Bertz CT molecular complexity index is 1080. The molecule has 0 amide bonds. The molecule has 1 heterocycles. The van der Waals surface area contributed by atoms with Gasteiger partial charge in [0.2, 0.25) is 4.80 Å². The Labute approximate surface area is 153 Å². The molecule has 4 nitrogen and oxygen atoms in total. The van der Waals surface area contributed by atoms with Crippen LogP contribution in [0.4, 0.5) is 0 Å². The summed E-state index contributed by atoms with van der Waals surface area (Å²) >= 11 is 13.1. The van der Waals surface area contributed by atoms with Crippen molar-refractivity contribution in [2.24, 2.45) is 4.40 Å². The fourth-order valence-corrected chi connectivity index (χ4v) is 4.83. The van der Waals surface area contributed by atoms with E-state index in [1.54, 1.807) is 22.8 Å². The second kappa shape index (κ2) is 6.72. The van der Waals surface area contributed by atoms with Crippen molar-refractivity contribution in [3.63, 3.8) is 0 Å². The van der Waals surface area contributed by atoms with Gasteiger partial charge in [0, 0.05) is 16.6 Å². The number of aromatic nitrogens is 1. The molecule has 124 valence electrons. The Hall–Kier alpha value is -1.60. The molecule has 0 saturated heterocycles. The largest absolute Gasteiger partial charge is 0.312 e. The van der Waals surface area contributed by atoms with E-state index in [-0.39, 0.29) is 4.90 Å². The third kappa shape index (κ3) is 3.42. The number of nitrogens with zero attached hydrogens (tertiary/aromatic N) is 2. The lowest BCUT2D eigenvalue weighted by Crippen LogP contribution is -2.16. The van der Waals surface area contributed by atoms with Crippen LogP contribution in [0.2, 0.25) is 10.0 Å². The molecule has 0 fully saturated rings. The van der Waals surface area contributed by atoms with Crippen LogP contribution in [-0.2, 0) is 16.6 Å². The summed E-state index contributed by atoms with van der Waals surface area (Å²) in [5, 5.41) is 1.05. The van der Waals surface area contributed by atoms with Crippen molar-refractivity contribution in [1.29, 1.82) is 0 Å². The van der Waals surface area contributed by atoms with E-state index in [4.69, 9.17) is 23.2 Å². The minimum atomic E-state index is -3.84. The highest BCUT2D eigenvalue weighted by molar-refractivity contribution is 7.90. The van der Waals surface area contributed by atoms with Crippen LogP contribution < -0.4 is 4.80 Å². The van der Waals surface area contributed by atoms with Crippen LogP contribution in [-0.4, -0.2) is 13.0 Å². The lowest BCUT2D eigenvalue weighted by atomic mass is 10.3. The molecule has 0 atom stereocenters. The molecule has 0 aliphatic heterocycles. The van der Waals surface area contributed by atoms with Gasteiger partial charge in [-0.1, -0.05) is 40.6 Å². The summed E-state index contributed by atoms with van der Waals surface area (Å²) in [6.45, 7) is 4.16. The molecule has 0 N–H and O–H groups in total. The number of allylic oxidation sites excluding steroid dienone is 1. The molecule has 0 spiro atoms. The number of halogens is 2. The van der Waals surface area contributed by atoms with Crippen LogP contribution in [0.5, 0.6) is 0 Å². The highest BCUT2D eigenvalue weighted by atomic mass is 35.5. The monoisotopic (exact) mass is 398 g/mol. The Morgan fingerprint density at radius 1 is 1.12 bits per heavy atom. The molecule has 0 aliphatic carbocycles. The Morgan fingerprint density at radius 3 is 2.46 bits per heavy atom. The van der Waals surface area contributed by atoms with E-state index in [2.05, 4.69) is 11.0 Å². The summed E-state index contributed by atoms with van der Waals surface area (Å²) in [6, 6.07) is 11.3. The molecule has 0 saturated carbocycles. The lowest BCUT2D eigenvalue weighted by molar-refractivity contribution is 0.596. The van der Waals surface area contributed by atoms with Crippen molar-refractivity contribution in [3.05, 3.63) is 70.0 Å². The Balaban J connectivity index is 2.23. The second-order valence-corrected chi connectivity index (χ2v) is 8.40. The topological polar surface area (TPSA) is 51.4 Å². The van der Waals surface area contributed by atoms with E-state index < -0.39 is 10.0 Å². The zero-order valence-electron chi connectivity index (χ0n) is 12.3. The van der Waals surface area contributed by atoms with Gasteiger partial charge in [-0.25, -0.2) is 0 Å². The van der Waals surface area contributed by atoms with Gasteiger partial charge < -0.3 is 4.57 Å². The van der Waals surface area contributed by atoms with Crippen molar-refractivity contribution in [2.45, 2.75) is 11.4 Å². The van der Waals surface area contributed by atoms with E-state index in [0.29, 0.717) is 21.4 Å². The SMILES string of the molecule is C=CCn1/c(=N/S(=O)(=O)c2ccc(Cl)cc2)sc2cc(Cl)ccc21. The molecule has 0 bridgehead atoms. The first-order valence-corrected chi connectivity index (χ1v) is 9.88. The Kier molecular flexibility index (Phi) is 4.83. The van der Waals surface area contributed by atoms with E-state index in [1.807, 2.05) is 6.07 Å². The average molecular weight is 399 g/mol. The van der Waals surface area contributed by atoms with Crippen molar-refractivity contribution in [1.82, 2.24) is 4.57 Å². The zero-order chi connectivity index (χ0) is 17.3. The molecule has 24 heavy (non-hydrogen) atoms. The van der Waals surface area contributed by atoms with Crippen LogP contribution in [0.1, 0.15) is 0 Å². The van der Waals surface area contributed by atoms with E-state index in [1.165, 1.54) is 35.6 Å². The quantitative estimate of drug-likeness (QED) is 0.608. The van der Waals surface area contributed by atoms with Crippen molar-refractivity contribution >= 4 is 54.8 Å². The second-order valence-electron chi connectivity index (χ2n) is 4.92. The highest BCUT2D eigenvalue weighted by Gasteiger charge is 2.14. The number of rotatable bonds is 4. The molecular formula is C16H12Cl2N2O2S2. The smallest absolute Gasteiger partial charge is 0.285 e. The maximum atomic E-state index is 12.5. The molecular weight excluding hydrogens is 387 g/mol. The number of hydrogen-bond acceptors (Lipinski definition) is 3. The highest BCUT2D eigenvalue weighted by Crippen LogP contribution is 2.23. The van der Waals surface area contributed by atoms with Crippen LogP contribution in [0.15, 0.2) is 64.4 Å². The van der Waals surface area contributed by atoms with Crippen molar-refractivity contribution < 1.29 is 8.42 Å². The molecule has 1 aromatic heterocycles. The standard InChI is InChI=1S/C16H12Cl2N2O2S2/c1-2-9-20-14-8-5-12(18)10-15(14)23-16(20)19-24(21,22)13-6-3-11(17)4-7-13/h2-8,10H,1,9H2/b19-16-. The minimum absolute atomic E-state index is 0.0903. The third-order valence-electron chi connectivity index (χ3n) is 3.27. The number of fused-ring (bicyclic) bond motifs is 1. The van der Waals surface area contributed by atoms with Gasteiger partial charge in [0.25, 0.3) is 10.0 Å². The van der Waals surface area contributed by atoms with E-state index in [9.17, 15) is 8.42 Å². The van der Waals surface area contributed by atoms with E-state index >= 15 is 0 Å². The van der Waals surface area contributed by atoms with Gasteiger partial charge in [-0.3, -0.25) is 0 Å². The van der Waals surface area contributed by atoms with Gasteiger partial charge in [-0.15, -0.1) is 11.0 Å². The van der Waals surface area contributed by atoms with Crippen molar-refractivity contribution in [3.8, 4) is 0 Å². The predicted molar refractivity (Wildman–Crippen MR) is 99.2 cm³/mol. The number of thiazole rings is 1. The van der Waals surface area contributed by atoms with Gasteiger partial charge >= 0.3 is 0 Å². The first kappa shape index (κ1) is 17.2. The molecule has 0 aliphatic rings. The van der Waals surface area contributed by atoms with Crippen LogP contribution >= 0.6 is 34.5 Å². The first-order chi connectivity index (χ1) is 11.4. The van der Waals surface area contributed by atoms with Gasteiger partial charge in [-0.05, 0) is 42.5 Å². The summed E-state index contributed by atoms with van der Waals surface area (Å²) in [6.07, 6.45) is 1.69. The summed E-state index contributed by atoms with van der Waals surface area (Å²) in [4.78, 5) is 0.453. The normalized spacial score (nSPS) is 12.7. The number of sulfonamides is 1. The first-order valence-electron chi connectivity index (χ1n) is 6.87. The molecule has 3 aromatic rings. The summed E-state index contributed by atoms with van der Waals surface area (Å²) < 4.78 is 31.7. The van der Waals surface area contributed by atoms with Crippen molar-refractivity contribution in [2.75, 3.05) is 0 Å². The molecule has 0 unspecified atom stereocenters. The maximum Gasteiger partial charge on any atom is 0.285 e. The van der Waals surface area contributed by atoms with Crippen LogP contribution in [0.3, 0.4) is 0 Å². The average Bonchev–Trinajstić information content (AvgIpc) is 2.84. The molecule has 8 heteroatoms. The van der Waals surface area contributed by atoms with Gasteiger partial charge in [-0.2, -0.15) is 8.42 Å². The fourth-order valence-electron chi connectivity index (χ4n) is 2.18. The molecule has 3 rings (SSSR count). The molecule has 2 aromatic carbocycles. The third-order valence-corrected chi connectivity index (χ3v) is 6.19. The van der Waals surface area contributed by atoms with Crippen LogP contribution in [0.25, 0.3) is 10.2 Å². The number of hydrogen-bond donors (Lipinski definition) is 0. The minimum Gasteiger partial charge on any atom is -0.312 e. The predicted octanol–water partition coefficient (Wildman–Crippen LogP) is 4.49. The maximum absolute atomic E-state index is 12.5. The van der Waals surface area contributed by atoms with Gasteiger partial charge in [0.1, 0.15) is 0 Å². The Morgan fingerprint density at radius 2 is 1.79 bits per heavy atom. The molecule has 0 radical (unpaired) electrons. The summed E-state index contributed by atoms with van der Waals surface area (Å²) in [5.74, 6) is 0. The van der Waals surface area contributed by atoms with E-state index in [0.717, 1.165) is 10.2 Å². The summed E-state index contributed by atoms with van der Waals surface area (Å²) in [5.41, 5.74) is 0.856. The number of benzene rings is 2. The zero-order valence-corrected chi connectivity index (χ0v) is 15.5. The fraction of sp³-hybridized carbons (Fsp3) is 0.0625. The van der Waals surface area contributed by atoms with Gasteiger partial charge in [0.15, 0.2) is 0 Å². The van der Waals surface area contributed by atoms with Crippen LogP contribution in [0, 0.1) is 0 Å². The summed E-state index contributed by atoms with van der Waals surface area (Å²) in [7, 11) is -3.84. The lowest BCUT2D eigenvalue weighted by Gasteiger charge is -2.02.